The van der Waals surface area contributed by atoms with Gasteiger partial charge >= 0.3 is 0 Å². The monoisotopic (exact) mass is 329 g/mol. The van der Waals surface area contributed by atoms with Gasteiger partial charge in [0.2, 0.25) is 0 Å². The summed E-state index contributed by atoms with van der Waals surface area (Å²) in [5.41, 5.74) is 2.44. The van der Waals surface area contributed by atoms with Crippen molar-refractivity contribution < 1.29 is 4.59 Å². The molecule has 132 valence electrons. The van der Waals surface area contributed by atoms with Crippen LogP contribution in [0.15, 0.2) is 40.7 Å². The summed E-state index contributed by atoms with van der Waals surface area (Å²) >= 11 is 0. The zero-order chi connectivity index (χ0) is 17.4. The molecular weight excluding hydrogens is 296 g/mol. The summed E-state index contributed by atoms with van der Waals surface area (Å²) in [7, 11) is 6.32. The van der Waals surface area contributed by atoms with Gasteiger partial charge in [-0.05, 0) is 30.5 Å². The van der Waals surface area contributed by atoms with Crippen molar-refractivity contribution in [2.45, 2.75) is 45.1 Å². The maximum absolute atomic E-state index is 4.52. The average molecular weight is 330 g/mol. The van der Waals surface area contributed by atoms with Gasteiger partial charge in [-0.15, -0.1) is 5.11 Å². The SMILES string of the molecule is CCCCCCC[N+]1(C)CC(C=Cc2ccc(N(C)C)cc2)N=N1. The Balaban J connectivity index is 1.79. The number of benzene rings is 1. The third-order valence-corrected chi connectivity index (χ3v) is 4.66. The van der Waals surface area contributed by atoms with E-state index in [0.29, 0.717) is 0 Å². The third kappa shape index (κ3) is 5.75. The largest absolute Gasteiger partial charge is 0.378 e. The molecule has 2 rings (SSSR count). The van der Waals surface area contributed by atoms with Crippen LogP contribution < -0.4 is 4.90 Å². The van der Waals surface area contributed by atoms with E-state index < -0.39 is 0 Å². The van der Waals surface area contributed by atoms with Crippen molar-refractivity contribution in [2.75, 3.05) is 39.1 Å². The van der Waals surface area contributed by atoms with E-state index in [2.05, 4.69) is 79.7 Å². The van der Waals surface area contributed by atoms with Gasteiger partial charge in [-0.3, -0.25) is 0 Å². The minimum absolute atomic E-state index is 0.208. The molecule has 1 aromatic carbocycles. The average Bonchev–Trinajstić information content (AvgIpc) is 2.95. The molecule has 1 heterocycles. The number of quaternary nitrogens is 1. The van der Waals surface area contributed by atoms with E-state index in [4.69, 9.17) is 0 Å². The second-order valence-electron chi connectivity index (χ2n) is 7.28. The van der Waals surface area contributed by atoms with Crippen molar-refractivity contribution in [1.29, 1.82) is 0 Å². The van der Waals surface area contributed by atoms with E-state index in [-0.39, 0.29) is 6.04 Å². The molecule has 4 nitrogen and oxygen atoms in total. The molecule has 1 aromatic rings. The maximum Gasteiger partial charge on any atom is 0.146 e. The summed E-state index contributed by atoms with van der Waals surface area (Å²) in [5.74, 6) is 0. The first-order chi connectivity index (χ1) is 11.5. The first kappa shape index (κ1) is 18.7. The van der Waals surface area contributed by atoms with Crippen molar-refractivity contribution >= 4 is 11.8 Å². The summed E-state index contributed by atoms with van der Waals surface area (Å²) in [6, 6.07) is 8.80. The molecule has 2 atom stereocenters. The first-order valence-corrected chi connectivity index (χ1v) is 9.25. The number of nitrogens with zero attached hydrogens (tertiary/aromatic N) is 4. The number of hydrogen-bond acceptors (Lipinski definition) is 3. The smallest absolute Gasteiger partial charge is 0.146 e. The quantitative estimate of drug-likeness (QED) is 0.466. The predicted octanol–water partition coefficient (Wildman–Crippen LogP) is 4.93. The Morgan fingerprint density at radius 3 is 2.50 bits per heavy atom. The van der Waals surface area contributed by atoms with Crippen LogP contribution in [0.4, 0.5) is 5.69 Å². The van der Waals surface area contributed by atoms with Crippen LogP contribution in [0.3, 0.4) is 0 Å². The lowest BCUT2D eigenvalue weighted by molar-refractivity contribution is -0.912. The molecule has 1 aliphatic heterocycles. The lowest BCUT2D eigenvalue weighted by Crippen LogP contribution is -2.39. The number of anilines is 1. The second kappa shape index (κ2) is 8.97. The van der Waals surface area contributed by atoms with E-state index >= 15 is 0 Å². The summed E-state index contributed by atoms with van der Waals surface area (Å²) in [5, 5.41) is 8.99. The fourth-order valence-corrected chi connectivity index (χ4v) is 3.06. The van der Waals surface area contributed by atoms with Gasteiger partial charge in [0.1, 0.15) is 19.1 Å². The van der Waals surface area contributed by atoms with Crippen LogP contribution >= 0.6 is 0 Å². The van der Waals surface area contributed by atoms with Gasteiger partial charge in [-0.2, -0.15) is 4.59 Å². The Bertz CT molecular complexity index is 547. The Morgan fingerprint density at radius 2 is 1.83 bits per heavy atom. The number of rotatable bonds is 9. The molecule has 0 amide bonds. The Morgan fingerprint density at radius 1 is 1.12 bits per heavy atom. The van der Waals surface area contributed by atoms with Crippen LogP contribution in [0.1, 0.15) is 44.6 Å². The first-order valence-electron chi connectivity index (χ1n) is 9.25. The fraction of sp³-hybridized carbons (Fsp3) is 0.600. The highest BCUT2D eigenvalue weighted by atomic mass is 15.7. The van der Waals surface area contributed by atoms with Crippen LogP contribution in [0, 0.1) is 0 Å². The molecular formula is C20H33N4+. The van der Waals surface area contributed by atoms with Gasteiger partial charge in [0.05, 0.1) is 7.05 Å². The van der Waals surface area contributed by atoms with E-state index in [1.165, 1.54) is 43.4 Å². The lowest BCUT2D eigenvalue weighted by atomic mass is 10.1. The third-order valence-electron chi connectivity index (χ3n) is 4.66. The Hall–Kier alpha value is -1.68. The summed E-state index contributed by atoms with van der Waals surface area (Å²) in [4.78, 5) is 2.11. The molecule has 0 aliphatic carbocycles. The van der Waals surface area contributed by atoms with Crippen molar-refractivity contribution in [2.24, 2.45) is 10.3 Å². The summed E-state index contributed by atoms with van der Waals surface area (Å²) in [6.07, 6.45) is 10.9. The van der Waals surface area contributed by atoms with Gasteiger partial charge in [0.25, 0.3) is 0 Å². The predicted molar refractivity (Wildman–Crippen MR) is 103 cm³/mol. The minimum atomic E-state index is 0.208. The van der Waals surface area contributed by atoms with Crippen molar-refractivity contribution in [3.63, 3.8) is 0 Å². The molecule has 0 saturated carbocycles. The molecule has 0 N–H and O–H groups in total. The van der Waals surface area contributed by atoms with Gasteiger partial charge < -0.3 is 4.90 Å². The normalized spacial score (nSPS) is 23.2. The van der Waals surface area contributed by atoms with E-state index in [0.717, 1.165) is 17.7 Å². The fourth-order valence-electron chi connectivity index (χ4n) is 3.06. The molecule has 2 unspecified atom stereocenters. The number of unbranched alkanes of at least 4 members (excludes halogenated alkanes) is 4. The van der Waals surface area contributed by atoms with Crippen molar-refractivity contribution in [3.05, 3.63) is 35.9 Å². The molecule has 0 spiro atoms. The van der Waals surface area contributed by atoms with Crippen molar-refractivity contribution in [3.8, 4) is 0 Å². The van der Waals surface area contributed by atoms with Crippen LogP contribution in [0.2, 0.25) is 0 Å². The summed E-state index contributed by atoms with van der Waals surface area (Å²) < 4.78 is 0.737. The van der Waals surface area contributed by atoms with Gasteiger partial charge in [-0.1, -0.05) is 50.5 Å². The molecule has 0 saturated heterocycles. The van der Waals surface area contributed by atoms with E-state index in [1.807, 2.05) is 0 Å². The van der Waals surface area contributed by atoms with Crippen molar-refractivity contribution in [1.82, 2.24) is 0 Å². The van der Waals surface area contributed by atoms with Gasteiger partial charge in [-0.25, -0.2) is 0 Å². The molecule has 1 aliphatic rings. The molecule has 0 aromatic heterocycles. The van der Waals surface area contributed by atoms with Crippen LogP contribution in [-0.2, 0) is 0 Å². The molecule has 0 fully saturated rings. The lowest BCUT2D eigenvalue weighted by Gasteiger charge is -2.21. The maximum atomic E-state index is 4.52. The molecule has 0 radical (unpaired) electrons. The Kier molecular flexibility index (Phi) is 6.98. The van der Waals surface area contributed by atoms with Gasteiger partial charge in [0.15, 0.2) is 0 Å². The molecule has 24 heavy (non-hydrogen) atoms. The molecule has 0 bridgehead atoms. The van der Waals surface area contributed by atoms with Crippen LogP contribution in [0.5, 0.6) is 0 Å². The van der Waals surface area contributed by atoms with Crippen LogP contribution in [0.25, 0.3) is 6.08 Å². The zero-order valence-electron chi connectivity index (χ0n) is 15.8. The zero-order valence-corrected chi connectivity index (χ0v) is 15.8. The number of likely N-dealkylation sites (N-methyl/N-ethyl adjacent to an activating group) is 1. The molecule has 4 heteroatoms. The highest BCUT2D eigenvalue weighted by Crippen LogP contribution is 2.21. The Labute approximate surface area is 147 Å². The second-order valence-corrected chi connectivity index (χ2v) is 7.28. The highest BCUT2D eigenvalue weighted by Gasteiger charge is 2.31. The topological polar surface area (TPSA) is 28.0 Å². The number of hydrogen-bond donors (Lipinski definition) is 0. The minimum Gasteiger partial charge on any atom is -0.378 e. The highest BCUT2D eigenvalue weighted by molar-refractivity contribution is 5.55. The standard InChI is InChI=1S/C20H33N4/c1-5-6-7-8-9-16-24(4)17-19(21-22-24)13-10-18-11-14-20(15-12-18)23(2)3/h10-15,19H,5-9,16-17H2,1-4H3/q+1. The summed E-state index contributed by atoms with van der Waals surface area (Å²) in [6.45, 7) is 4.35. The van der Waals surface area contributed by atoms with E-state index in [9.17, 15) is 0 Å². The van der Waals surface area contributed by atoms with Gasteiger partial charge in [0, 0.05) is 25.0 Å². The van der Waals surface area contributed by atoms with Crippen LogP contribution in [-0.4, -0.2) is 44.9 Å². The van der Waals surface area contributed by atoms with E-state index in [1.54, 1.807) is 0 Å².